The van der Waals surface area contributed by atoms with Gasteiger partial charge in [-0.25, -0.2) is 4.79 Å². The van der Waals surface area contributed by atoms with Crippen molar-refractivity contribution in [2.24, 2.45) is 0 Å². The second-order valence-electron chi connectivity index (χ2n) is 10.4. The van der Waals surface area contributed by atoms with E-state index in [1.165, 1.54) is 0 Å². The minimum absolute atomic E-state index is 0.248. The molecule has 35 heavy (non-hydrogen) atoms. The van der Waals surface area contributed by atoms with Crippen molar-refractivity contribution < 1.29 is 47.4 Å². The normalized spacial score (nSPS) is 31.4. The minimum Gasteiger partial charge on any atom is -0.444 e. The molecule has 0 aliphatic carbocycles. The average Bonchev–Trinajstić information content (AvgIpc) is 3.31. The number of amides is 1. The maximum Gasteiger partial charge on any atom is 0.408 e. The third kappa shape index (κ3) is 8.22. The lowest BCUT2D eigenvalue weighted by Crippen LogP contribution is -2.65. The van der Waals surface area contributed by atoms with E-state index in [-0.39, 0.29) is 13.2 Å². The number of carbonyl (C=O) groups is 1. The Hall–Kier alpha value is -1.05. The molecule has 0 saturated carbocycles. The summed E-state index contributed by atoms with van der Waals surface area (Å²) in [5, 5.41) is 2.85. The topological polar surface area (TPSA) is 112 Å². The Labute approximate surface area is 208 Å². The van der Waals surface area contributed by atoms with Crippen molar-refractivity contribution in [2.75, 3.05) is 59.5 Å². The molecule has 2 bridgehead atoms. The lowest BCUT2D eigenvalue weighted by Gasteiger charge is -2.42. The first-order valence-electron chi connectivity index (χ1n) is 12.5. The van der Waals surface area contributed by atoms with Crippen molar-refractivity contribution in [3.05, 3.63) is 0 Å². The predicted molar refractivity (Wildman–Crippen MR) is 124 cm³/mol. The van der Waals surface area contributed by atoms with Gasteiger partial charge in [0.15, 0.2) is 12.1 Å². The Balaban J connectivity index is 1.43. The molecule has 3 rings (SSSR count). The highest BCUT2D eigenvalue weighted by Gasteiger charge is 2.66. The fraction of sp³-hybridized carbons (Fsp3) is 0.958. The molecule has 1 N–H and O–H groups in total. The molecule has 0 aromatic carbocycles. The molecule has 5 atom stereocenters. The Morgan fingerprint density at radius 3 is 2.11 bits per heavy atom. The molecule has 11 heteroatoms. The fourth-order valence-electron chi connectivity index (χ4n) is 4.26. The Kier molecular flexibility index (Phi) is 10.2. The smallest absolute Gasteiger partial charge is 0.408 e. The SMILES string of the molecule is CCCOCCOCCOCCOC[C@@]12CO[C@@H](O1)[C@H](NC(=O)OC(C)(C)C)[C@H]1OC(C)(C)O[C@H]12. The number of fused-ring (bicyclic) bond motifs is 4. The first kappa shape index (κ1) is 28.5. The van der Waals surface area contributed by atoms with Crippen LogP contribution in [-0.2, 0) is 42.6 Å². The highest BCUT2D eigenvalue weighted by molar-refractivity contribution is 5.68. The number of carbonyl (C=O) groups excluding carboxylic acids is 1. The van der Waals surface area contributed by atoms with E-state index in [0.717, 1.165) is 13.0 Å². The monoisotopic (exact) mass is 505 g/mol. The van der Waals surface area contributed by atoms with E-state index in [9.17, 15) is 4.79 Å². The molecule has 3 heterocycles. The van der Waals surface area contributed by atoms with Gasteiger partial charge in [0.2, 0.25) is 0 Å². The molecule has 0 spiro atoms. The summed E-state index contributed by atoms with van der Waals surface area (Å²) in [6.07, 6.45) is -1.21. The molecule has 0 aromatic heterocycles. The predicted octanol–water partition coefficient (Wildman–Crippen LogP) is 2.00. The van der Waals surface area contributed by atoms with Gasteiger partial charge in [0, 0.05) is 6.61 Å². The van der Waals surface area contributed by atoms with Crippen LogP contribution in [0.4, 0.5) is 4.79 Å². The summed E-state index contributed by atoms with van der Waals surface area (Å²) in [6.45, 7) is 15.4. The van der Waals surface area contributed by atoms with Crippen LogP contribution >= 0.6 is 0 Å². The standard InChI is InChI=1S/C24H43NO10/c1-7-8-27-9-10-28-11-12-29-13-14-30-15-24-16-31-20(34-24)17(25-21(26)35-22(2,3)4)18-19(24)33-23(5,6)32-18/h17-20H,7-16H2,1-6H3,(H,25,26)/t17-,18-,19-,20+,24+/m1/s1. The zero-order valence-corrected chi connectivity index (χ0v) is 22.0. The van der Waals surface area contributed by atoms with E-state index in [1.807, 2.05) is 13.8 Å². The van der Waals surface area contributed by atoms with Crippen LogP contribution in [0, 0.1) is 0 Å². The van der Waals surface area contributed by atoms with E-state index in [2.05, 4.69) is 12.2 Å². The maximum atomic E-state index is 12.4. The van der Waals surface area contributed by atoms with Crippen molar-refractivity contribution in [3.8, 4) is 0 Å². The number of hydrogen-bond acceptors (Lipinski definition) is 10. The van der Waals surface area contributed by atoms with E-state index in [1.54, 1.807) is 20.8 Å². The summed E-state index contributed by atoms with van der Waals surface area (Å²) in [5.41, 5.74) is -1.46. The molecule has 1 amide bonds. The van der Waals surface area contributed by atoms with Crippen molar-refractivity contribution in [3.63, 3.8) is 0 Å². The number of rotatable bonds is 14. The fourth-order valence-corrected chi connectivity index (χ4v) is 4.26. The molecule has 204 valence electrons. The summed E-state index contributed by atoms with van der Waals surface area (Å²) in [7, 11) is 0. The van der Waals surface area contributed by atoms with Gasteiger partial charge < -0.3 is 47.9 Å². The van der Waals surface area contributed by atoms with Gasteiger partial charge >= 0.3 is 6.09 Å². The Morgan fingerprint density at radius 2 is 1.51 bits per heavy atom. The number of ether oxygens (including phenoxy) is 9. The van der Waals surface area contributed by atoms with Gasteiger partial charge in [-0.2, -0.15) is 0 Å². The number of nitrogens with one attached hydrogen (secondary N) is 1. The lowest BCUT2D eigenvalue weighted by molar-refractivity contribution is -0.213. The zero-order chi connectivity index (χ0) is 25.5. The van der Waals surface area contributed by atoms with Crippen LogP contribution in [-0.4, -0.2) is 107 Å². The van der Waals surface area contributed by atoms with Crippen molar-refractivity contribution in [1.82, 2.24) is 5.32 Å². The molecule has 3 fully saturated rings. The van der Waals surface area contributed by atoms with E-state index < -0.39 is 47.6 Å². The van der Waals surface area contributed by atoms with Gasteiger partial charge in [-0.15, -0.1) is 0 Å². The zero-order valence-electron chi connectivity index (χ0n) is 22.0. The van der Waals surface area contributed by atoms with Gasteiger partial charge in [-0.05, 0) is 41.0 Å². The summed E-state index contributed by atoms with van der Waals surface area (Å²) in [5.74, 6) is -0.839. The van der Waals surface area contributed by atoms with Crippen molar-refractivity contribution >= 4 is 6.09 Å². The quantitative estimate of drug-likeness (QED) is 0.352. The van der Waals surface area contributed by atoms with Crippen molar-refractivity contribution in [2.45, 2.75) is 89.5 Å². The largest absolute Gasteiger partial charge is 0.444 e. The van der Waals surface area contributed by atoms with E-state index in [0.29, 0.717) is 39.6 Å². The molecule has 0 aromatic rings. The first-order valence-corrected chi connectivity index (χ1v) is 12.5. The number of alkyl carbamates (subject to hydrolysis) is 1. The van der Waals surface area contributed by atoms with Crippen LogP contribution in [0.1, 0.15) is 48.0 Å². The van der Waals surface area contributed by atoms with Gasteiger partial charge in [0.25, 0.3) is 0 Å². The van der Waals surface area contributed by atoms with Crippen molar-refractivity contribution in [1.29, 1.82) is 0 Å². The van der Waals surface area contributed by atoms with Gasteiger partial charge in [-0.3, -0.25) is 0 Å². The Bertz CT molecular complexity index is 669. The highest BCUT2D eigenvalue weighted by Crippen LogP contribution is 2.46. The highest BCUT2D eigenvalue weighted by atomic mass is 16.8. The minimum atomic E-state index is -0.839. The summed E-state index contributed by atoms with van der Waals surface area (Å²) < 4.78 is 52.2. The average molecular weight is 506 g/mol. The molecule has 11 nitrogen and oxygen atoms in total. The molecular weight excluding hydrogens is 462 g/mol. The van der Waals surface area contributed by atoms with Gasteiger partial charge in [-0.1, -0.05) is 6.92 Å². The summed E-state index contributed by atoms with van der Waals surface area (Å²) in [6, 6.07) is -0.581. The van der Waals surface area contributed by atoms with Crippen LogP contribution in [0.5, 0.6) is 0 Å². The maximum absolute atomic E-state index is 12.4. The van der Waals surface area contributed by atoms with E-state index >= 15 is 0 Å². The van der Waals surface area contributed by atoms with Gasteiger partial charge in [0.05, 0.1) is 52.9 Å². The third-order valence-electron chi connectivity index (χ3n) is 5.63. The third-order valence-corrected chi connectivity index (χ3v) is 5.63. The molecule has 3 saturated heterocycles. The first-order chi connectivity index (χ1) is 16.6. The van der Waals surface area contributed by atoms with Crippen LogP contribution in [0.15, 0.2) is 0 Å². The van der Waals surface area contributed by atoms with Crippen LogP contribution < -0.4 is 5.32 Å². The molecule has 3 aliphatic rings. The molecule has 0 unspecified atom stereocenters. The lowest BCUT2D eigenvalue weighted by atomic mass is 9.88. The second-order valence-corrected chi connectivity index (χ2v) is 10.4. The summed E-state index contributed by atoms with van der Waals surface area (Å²) in [4.78, 5) is 12.4. The van der Waals surface area contributed by atoms with Crippen LogP contribution in [0.25, 0.3) is 0 Å². The number of hydrogen-bond donors (Lipinski definition) is 1. The van der Waals surface area contributed by atoms with Crippen LogP contribution in [0.3, 0.4) is 0 Å². The van der Waals surface area contributed by atoms with Gasteiger partial charge in [0.1, 0.15) is 29.5 Å². The second kappa shape index (κ2) is 12.5. The van der Waals surface area contributed by atoms with E-state index in [4.69, 9.17) is 42.6 Å². The molecule has 0 radical (unpaired) electrons. The molecule has 3 aliphatic heterocycles. The summed E-state index contributed by atoms with van der Waals surface area (Å²) >= 11 is 0. The Morgan fingerprint density at radius 1 is 0.914 bits per heavy atom. The molecular formula is C24H43NO10. The van der Waals surface area contributed by atoms with Crippen LogP contribution in [0.2, 0.25) is 0 Å².